The summed E-state index contributed by atoms with van der Waals surface area (Å²) in [5.74, 6) is -1.31. The summed E-state index contributed by atoms with van der Waals surface area (Å²) < 4.78 is 27.0. The molecule has 1 aliphatic heterocycles. The molecule has 0 aliphatic carbocycles. The number of piperidine rings is 1. The van der Waals surface area contributed by atoms with Gasteiger partial charge in [-0.3, -0.25) is 4.79 Å². The monoisotopic (exact) mass is 397 g/mol. The van der Waals surface area contributed by atoms with Crippen molar-refractivity contribution >= 4 is 27.7 Å². The molecule has 0 bridgehead atoms. The summed E-state index contributed by atoms with van der Waals surface area (Å²) in [7, 11) is -2.03. The number of aliphatic carboxylic acids is 1. The third kappa shape index (κ3) is 5.43. The van der Waals surface area contributed by atoms with Crippen LogP contribution in [0.5, 0.6) is 0 Å². The predicted octanol–water partition coefficient (Wildman–Crippen LogP) is 2.29. The Morgan fingerprint density at radius 1 is 1.33 bits per heavy atom. The van der Waals surface area contributed by atoms with Crippen molar-refractivity contribution in [1.29, 1.82) is 0 Å². The number of amides is 2. The molecule has 1 heterocycles. The van der Waals surface area contributed by atoms with Crippen LogP contribution in [-0.4, -0.2) is 61.4 Å². The number of carbonyl (C=O) groups is 2. The highest BCUT2D eigenvalue weighted by Gasteiger charge is 2.28. The standard InChI is InChI=1S/C18H27N3O5S/c1-13-5-4-10-21(11-13)27(25,26)16-8-6-15(7-9-16)19-18(24)20(3)12-14(2)17(22)23/h6-9,13-14H,4-5,10-12H2,1-3H3,(H,19,24)(H,22,23). The number of hydrogen-bond donors (Lipinski definition) is 2. The van der Waals surface area contributed by atoms with Crippen molar-refractivity contribution in [3.8, 4) is 0 Å². The Labute approximate surface area is 160 Å². The Kier molecular flexibility index (Phi) is 6.83. The zero-order chi connectivity index (χ0) is 20.2. The van der Waals surface area contributed by atoms with Gasteiger partial charge in [0.2, 0.25) is 10.0 Å². The van der Waals surface area contributed by atoms with Gasteiger partial charge in [-0.05, 0) is 43.0 Å². The fourth-order valence-electron chi connectivity index (χ4n) is 3.01. The molecule has 8 nitrogen and oxygen atoms in total. The Morgan fingerprint density at radius 2 is 1.96 bits per heavy atom. The fraction of sp³-hybridized carbons (Fsp3) is 0.556. The van der Waals surface area contributed by atoms with Gasteiger partial charge in [-0.1, -0.05) is 13.8 Å². The lowest BCUT2D eigenvalue weighted by Crippen LogP contribution is -2.39. The van der Waals surface area contributed by atoms with Crippen molar-refractivity contribution in [2.45, 2.75) is 31.6 Å². The van der Waals surface area contributed by atoms with Gasteiger partial charge in [0.05, 0.1) is 10.8 Å². The summed E-state index contributed by atoms with van der Waals surface area (Å²) in [4.78, 5) is 24.5. The number of anilines is 1. The average Bonchev–Trinajstić information content (AvgIpc) is 2.62. The Morgan fingerprint density at radius 3 is 2.52 bits per heavy atom. The minimum absolute atomic E-state index is 0.0702. The molecule has 9 heteroatoms. The van der Waals surface area contributed by atoms with E-state index >= 15 is 0 Å². The molecule has 2 atom stereocenters. The third-order valence-electron chi connectivity index (χ3n) is 4.68. The summed E-state index contributed by atoms with van der Waals surface area (Å²) in [6, 6.07) is 5.57. The van der Waals surface area contributed by atoms with Gasteiger partial charge in [-0.25, -0.2) is 13.2 Å². The van der Waals surface area contributed by atoms with Crippen molar-refractivity contribution in [1.82, 2.24) is 9.21 Å². The highest BCUT2D eigenvalue weighted by Crippen LogP contribution is 2.24. The number of carboxylic acid groups (broad SMARTS) is 1. The third-order valence-corrected chi connectivity index (χ3v) is 6.56. The summed E-state index contributed by atoms with van der Waals surface area (Å²) in [5, 5.41) is 11.6. The first-order valence-corrected chi connectivity index (χ1v) is 10.4. The molecule has 1 aromatic carbocycles. The number of carboxylic acids is 1. The summed E-state index contributed by atoms with van der Waals surface area (Å²) in [6.07, 6.45) is 1.89. The molecule has 0 saturated carbocycles. The van der Waals surface area contributed by atoms with E-state index in [1.807, 2.05) is 6.92 Å². The molecule has 2 unspecified atom stereocenters. The molecule has 1 fully saturated rings. The predicted molar refractivity (Wildman–Crippen MR) is 102 cm³/mol. The summed E-state index contributed by atoms with van der Waals surface area (Å²) in [6.45, 7) is 4.68. The highest BCUT2D eigenvalue weighted by molar-refractivity contribution is 7.89. The topological polar surface area (TPSA) is 107 Å². The van der Waals surface area contributed by atoms with Crippen LogP contribution in [0.15, 0.2) is 29.2 Å². The van der Waals surface area contributed by atoms with Gasteiger partial charge >= 0.3 is 12.0 Å². The van der Waals surface area contributed by atoms with Crippen LogP contribution in [0, 0.1) is 11.8 Å². The molecule has 1 aliphatic rings. The number of nitrogens with zero attached hydrogens (tertiary/aromatic N) is 2. The average molecular weight is 397 g/mol. The first kappa shape index (κ1) is 21.2. The quantitative estimate of drug-likeness (QED) is 0.766. The van der Waals surface area contributed by atoms with Crippen molar-refractivity contribution in [2.75, 3.05) is 32.0 Å². The molecule has 1 aromatic rings. The van der Waals surface area contributed by atoms with Crippen LogP contribution in [0.25, 0.3) is 0 Å². The number of nitrogens with one attached hydrogen (secondary N) is 1. The zero-order valence-corrected chi connectivity index (χ0v) is 16.7. The fourth-order valence-corrected chi connectivity index (χ4v) is 4.61. The molecular weight excluding hydrogens is 370 g/mol. The van der Waals surface area contributed by atoms with Crippen LogP contribution in [-0.2, 0) is 14.8 Å². The first-order valence-electron chi connectivity index (χ1n) is 8.96. The van der Waals surface area contributed by atoms with E-state index in [4.69, 9.17) is 5.11 Å². The van der Waals surface area contributed by atoms with Crippen molar-refractivity contribution in [2.24, 2.45) is 11.8 Å². The molecule has 2 N–H and O–H groups in total. The molecule has 0 spiro atoms. The molecule has 150 valence electrons. The summed E-state index contributed by atoms with van der Waals surface area (Å²) in [5.41, 5.74) is 0.445. The van der Waals surface area contributed by atoms with Crippen molar-refractivity contribution in [3.63, 3.8) is 0 Å². The van der Waals surface area contributed by atoms with Crippen molar-refractivity contribution < 1.29 is 23.1 Å². The number of sulfonamides is 1. The number of carbonyl (C=O) groups excluding carboxylic acids is 1. The second-order valence-corrected chi connectivity index (χ2v) is 9.12. The molecule has 0 radical (unpaired) electrons. The van der Waals surface area contributed by atoms with Gasteiger partial charge in [-0.2, -0.15) is 4.31 Å². The number of urea groups is 1. The lowest BCUT2D eigenvalue weighted by atomic mass is 10.0. The molecule has 0 aromatic heterocycles. The molecule has 2 rings (SSSR count). The molecule has 2 amide bonds. The van der Waals surface area contributed by atoms with Crippen molar-refractivity contribution in [3.05, 3.63) is 24.3 Å². The minimum atomic E-state index is -3.54. The van der Waals surface area contributed by atoms with Crippen LogP contribution in [0.4, 0.5) is 10.5 Å². The molecule has 1 saturated heterocycles. The number of hydrogen-bond acceptors (Lipinski definition) is 4. The smallest absolute Gasteiger partial charge is 0.321 e. The van der Waals surface area contributed by atoms with Gasteiger partial charge < -0.3 is 15.3 Å². The molecule has 27 heavy (non-hydrogen) atoms. The lowest BCUT2D eigenvalue weighted by molar-refractivity contribution is -0.141. The Hall–Kier alpha value is -2.13. The normalized spacial score (nSPS) is 19.3. The van der Waals surface area contributed by atoms with Gasteiger partial charge in [0.25, 0.3) is 0 Å². The maximum absolute atomic E-state index is 12.7. The van der Waals surface area contributed by atoms with E-state index < -0.39 is 27.9 Å². The van der Waals surface area contributed by atoms with Gasteiger partial charge in [0.15, 0.2) is 0 Å². The summed E-state index contributed by atoms with van der Waals surface area (Å²) >= 11 is 0. The lowest BCUT2D eigenvalue weighted by Gasteiger charge is -2.30. The maximum Gasteiger partial charge on any atom is 0.321 e. The van der Waals surface area contributed by atoms with Gasteiger partial charge in [-0.15, -0.1) is 0 Å². The van der Waals surface area contributed by atoms with E-state index in [-0.39, 0.29) is 11.4 Å². The largest absolute Gasteiger partial charge is 0.481 e. The second kappa shape index (κ2) is 8.71. The molecular formula is C18H27N3O5S. The Balaban J connectivity index is 2.02. The van der Waals surface area contributed by atoms with Crippen LogP contribution < -0.4 is 5.32 Å². The van der Waals surface area contributed by atoms with E-state index in [1.165, 1.54) is 47.4 Å². The van der Waals surface area contributed by atoms with Gasteiger partial charge in [0.1, 0.15) is 0 Å². The SMILES string of the molecule is CC1CCCN(S(=O)(=O)c2ccc(NC(=O)N(C)CC(C)C(=O)O)cc2)C1. The first-order chi connectivity index (χ1) is 12.6. The van der Waals surface area contributed by atoms with Gasteiger partial charge in [0, 0.05) is 32.4 Å². The maximum atomic E-state index is 12.7. The Bertz CT molecular complexity index is 779. The van der Waals surface area contributed by atoms with E-state index in [2.05, 4.69) is 5.32 Å². The number of rotatable bonds is 6. The zero-order valence-electron chi connectivity index (χ0n) is 15.9. The van der Waals surface area contributed by atoms with Crippen LogP contribution in [0.3, 0.4) is 0 Å². The van der Waals surface area contributed by atoms with Crippen LogP contribution in [0.2, 0.25) is 0 Å². The van der Waals surface area contributed by atoms with E-state index in [1.54, 1.807) is 0 Å². The van der Waals surface area contributed by atoms with Crippen LogP contribution >= 0.6 is 0 Å². The number of benzene rings is 1. The van der Waals surface area contributed by atoms with E-state index in [0.717, 1.165) is 12.8 Å². The van der Waals surface area contributed by atoms with E-state index in [9.17, 15) is 18.0 Å². The minimum Gasteiger partial charge on any atom is -0.481 e. The van der Waals surface area contributed by atoms with Crippen LogP contribution in [0.1, 0.15) is 26.7 Å². The second-order valence-electron chi connectivity index (χ2n) is 7.18. The highest BCUT2D eigenvalue weighted by atomic mass is 32.2. The van der Waals surface area contributed by atoms with E-state index in [0.29, 0.717) is 24.7 Å².